The van der Waals surface area contributed by atoms with E-state index in [0.717, 1.165) is 22.9 Å². The fraction of sp³-hybridized carbons (Fsp3) is 0.636. The van der Waals surface area contributed by atoms with E-state index in [2.05, 4.69) is 10.3 Å². The number of benzene rings is 1. The van der Waals surface area contributed by atoms with Gasteiger partial charge in [-0.15, -0.1) is 0 Å². The maximum atomic E-state index is 15.0. The smallest absolute Gasteiger partial charge is 0.332 e. The predicted octanol–water partition coefficient (Wildman–Crippen LogP) is 3.67. The molecule has 0 bridgehead atoms. The van der Waals surface area contributed by atoms with E-state index < -0.39 is 65.5 Å². The van der Waals surface area contributed by atoms with Gasteiger partial charge in [0, 0.05) is 17.1 Å². The Morgan fingerprint density at radius 2 is 1.75 bits per heavy atom. The maximum absolute atomic E-state index is 15.0. The van der Waals surface area contributed by atoms with Crippen LogP contribution in [-0.4, -0.2) is 79.2 Å². The lowest BCUT2D eigenvalue weighted by Gasteiger charge is -2.51. The molecule has 0 radical (unpaired) electrons. The van der Waals surface area contributed by atoms with Gasteiger partial charge in [0.2, 0.25) is 11.8 Å². The van der Waals surface area contributed by atoms with Crippen molar-refractivity contribution < 1.29 is 34.1 Å². The zero-order valence-electron chi connectivity index (χ0n) is 26.9. The van der Waals surface area contributed by atoms with E-state index in [0.29, 0.717) is 19.3 Å². The summed E-state index contributed by atoms with van der Waals surface area (Å²) in [5.41, 5.74) is 5.10. The quantitative estimate of drug-likeness (QED) is 0.212. The fourth-order valence-electron chi connectivity index (χ4n) is 6.10. The number of aliphatic hydroxyl groups is 1. The van der Waals surface area contributed by atoms with Crippen LogP contribution in [0.5, 0.6) is 0 Å². The summed E-state index contributed by atoms with van der Waals surface area (Å²) in [6.07, 6.45) is 2.80. The number of carbonyl (C=O) groups is 4. The molecule has 6 N–H and O–H groups in total. The first-order valence-corrected chi connectivity index (χ1v) is 15.7. The highest BCUT2D eigenvalue weighted by Crippen LogP contribution is 2.40. The van der Waals surface area contributed by atoms with E-state index >= 15 is 0 Å². The van der Waals surface area contributed by atoms with Crippen LogP contribution in [0.2, 0.25) is 0 Å². The van der Waals surface area contributed by atoms with Gasteiger partial charge in [-0.1, -0.05) is 57.7 Å². The number of rotatable bonds is 13. The van der Waals surface area contributed by atoms with E-state index in [9.17, 15) is 29.4 Å². The number of para-hydroxylation sites is 1. The van der Waals surface area contributed by atoms with Gasteiger partial charge < -0.3 is 35.9 Å². The molecule has 244 valence electrons. The van der Waals surface area contributed by atoms with Crippen molar-refractivity contribution in [3.63, 3.8) is 0 Å². The summed E-state index contributed by atoms with van der Waals surface area (Å²) in [7, 11) is 0. The van der Waals surface area contributed by atoms with Gasteiger partial charge in [-0.25, -0.2) is 4.79 Å². The third-order valence-electron chi connectivity index (χ3n) is 8.61. The summed E-state index contributed by atoms with van der Waals surface area (Å²) in [6, 6.07) is 4.45. The predicted molar refractivity (Wildman–Crippen MR) is 168 cm³/mol. The molecule has 1 aromatic heterocycles. The summed E-state index contributed by atoms with van der Waals surface area (Å²) in [6.45, 7) is 10.5. The number of esters is 1. The molecule has 11 nitrogen and oxygen atoms in total. The summed E-state index contributed by atoms with van der Waals surface area (Å²) < 4.78 is 5.97. The average Bonchev–Trinajstić information content (AvgIpc) is 3.36. The summed E-state index contributed by atoms with van der Waals surface area (Å²) in [4.78, 5) is 58.8. The molecule has 11 heteroatoms. The first-order valence-electron chi connectivity index (χ1n) is 15.7. The number of aromatic amines is 1. The highest BCUT2D eigenvalue weighted by atomic mass is 16.6. The van der Waals surface area contributed by atoms with E-state index in [1.807, 2.05) is 38.1 Å². The second kappa shape index (κ2) is 14.6. The monoisotopic (exact) mass is 614 g/mol. The maximum Gasteiger partial charge on any atom is 0.332 e. The van der Waals surface area contributed by atoms with Crippen molar-refractivity contribution in [2.75, 3.05) is 0 Å². The molecule has 1 aromatic carbocycles. The normalized spacial score (nSPS) is 18.5. The number of carboxylic acids is 1. The Kier molecular flexibility index (Phi) is 11.6. The summed E-state index contributed by atoms with van der Waals surface area (Å²) >= 11 is 0. The van der Waals surface area contributed by atoms with Crippen LogP contribution in [0, 0.1) is 5.92 Å². The summed E-state index contributed by atoms with van der Waals surface area (Å²) in [5, 5.41) is 25.1. The van der Waals surface area contributed by atoms with Crippen molar-refractivity contribution >= 4 is 34.7 Å². The molecule has 44 heavy (non-hydrogen) atoms. The third kappa shape index (κ3) is 8.18. The molecule has 2 amide bonds. The van der Waals surface area contributed by atoms with E-state index in [4.69, 9.17) is 10.5 Å². The molecule has 1 heterocycles. The van der Waals surface area contributed by atoms with Crippen LogP contribution in [0.4, 0.5) is 0 Å². The molecule has 0 aliphatic heterocycles. The molecule has 1 aliphatic carbocycles. The number of nitrogens with two attached hydrogens (primary N) is 1. The van der Waals surface area contributed by atoms with Gasteiger partial charge in [-0.2, -0.15) is 0 Å². The second-order valence-electron chi connectivity index (χ2n) is 13.3. The number of aliphatic hydroxyl groups excluding tert-OH is 1. The number of carboxylic acid groups (broad SMARTS) is 1. The van der Waals surface area contributed by atoms with Gasteiger partial charge in [0.15, 0.2) is 0 Å². The second-order valence-corrected chi connectivity index (χ2v) is 13.3. The number of carbonyl (C=O) groups excluding carboxylic acids is 3. The molecule has 1 fully saturated rings. The lowest BCUT2D eigenvalue weighted by atomic mass is 9.77. The number of H-pyrrole nitrogens is 1. The fourth-order valence-corrected chi connectivity index (χ4v) is 6.10. The first-order chi connectivity index (χ1) is 20.6. The number of nitrogens with one attached hydrogen (secondary N) is 2. The first kappa shape index (κ1) is 35.0. The molecule has 2 aromatic rings. The molecule has 3 rings (SSSR count). The van der Waals surface area contributed by atoms with Gasteiger partial charge in [0.25, 0.3) is 0 Å². The Hall–Kier alpha value is -3.44. The largest absolute Gasteiger partial charge is 0.481 e. The Balaban J connectivity index is 2.29. The van der Waals surface area contributed by atoms with E-state index in [1.54, 1.807) is 27.0 Å². The molecular weight excluding hydrogens is 564 g/mol. The Labute approximate surface area is 259 Å². The van der Waals surface area contributed by atoms with Crippen molar-refractivity contribution in [3.8, 4) is 0 Å². The van der Waals surface area contributed by atoms with Gasteiger partial charge in [-0.3, -0.25) is 14.4 Å². The highest BCUT2D eigenvalue weighted by molar-refractivity contribution is 5.94. The number of ether oxygens (including phenoxy) is 1. The molecule has 1 saturated carbocycles. The summed E-state index contributed by atoms with van der Waals surface area (Å²) in [5.74, 6) is -3.32. The molecule has 0 spiro atoms. The SMILES string of the molecule is CC[C@H](C)[C@H](NC(=O)[C@H](C)N)C(=O)N([C@@H](Cc1c[nH]c2ccccc12)C(O)CC(=O)O)C1(C(=O)OC(C)(C)C)CCCCC1. The van der Waals surface area contributed by atoms with Gasteiger partial charge in [-0.05, 0) is 64.5 Å². The Morgan fingerprint density at radius 1 is 1.11 bits per heavy atom. The lowest BCUT2D eigenvalue weighted by Crippen LogP contribution is -2.69. The molecule has 1 unspecified atom stereocenters. The van der Waals surface area contributed by atoms with Crippen LogP contribution < -0.4 is 11.1 Å². The van der Waals surface area contributed by atoms with Crippen LogP contribution in [-0.2, 0) is 30.3 Å². The lowest BCUT2D eigenvalue weighted by molar-refractivity contribution is -0.183. The van der Waals surface area contributed by atoms with Crippen LogP contribution in [0.15, 0.2) is 30.5 Å². The van der Waals surface area contributed by atoms with Crippen molar-refractivity contribution in [1.29, 1.82) is 0 Å². The van der Waals surface area contributed by atoms with Crippen LogP contribution >= 0.6 is 0 Å². The number of fused-ring (bicyclic) bond motifs is 1. The Morgan fingerprint density at radius 3 is 2.32 bits per heavy atom. The minimum atomic E-state index is -1.53. The topological polar surface area (TPSA) is 175 Å². The van der Waals surface area contributed by atoms with E-state index in [1.165, 1.54) is 11.8 Å². The minimum Gasteiger partial charge on any atom is -0.481 e. The third-order valence-corrected chi connectivity index (χ3v) is 8.61. The van der Waals surface area contributed by atoms with Crippen molar-refractivity contribution in [2.45, 2.75) is 128 Å². The highest BCUT2D eigenvalue weighted by Gasteiger charge is 2.54. The number of hydrogen-bond donors (Lipinski definition) is 5. The van der Waals surface area contributed by atoms with Gasteiger partial charge in [0.1, 0.15) is 17.2 Å². The van der Waals surface area contributed by atoms with Crippen molar-refractivity contribution in [2.24, 2.45) is 11.7 Å². The average molecular weight is 615 g/mol. The van der Waals surface area contributed by atoms with Crippen molar-refractivity contribution in [3.05, 3.63) is 36.0 Å². The zero-order valence-corrected chi connectivity index (χ0v) is 26.9. The van der Waals surface area contributed by atoms with Crippen LogP contribution in [0.1, 0.15) is 92.1 Å². The minimum absolute atomic E-state index is 0.0587. The number of hydrogen-bond acceptors (Lipinski definition) is 7. The van der Waals surface area contributed by atoms with Crippen molar-refractivity contribution in [1.82, 2.24) is 15.2 Å². The van der Waals surface area contributed by atoms with Crippen LogP contribution in [0.3, 0.4) is 0 Å². The molecule has 0 saturated heterocycles. The molecule has 1 aliphatic rings. The number of amides is 2. The standard InChI is InChI=1S/C33H50N4O7/c1-7-20(2)28(36-29(41)21(3)34)30(42)37(33(15-11-8-12-16-33)31(43)44-32(4,5)6)25(26(38)18-27(39)40)17-22-19-35-24-14-10-9-13-23(22)24/h9-10,13-14,19-21,25-26,28,35,38H,7-8,11-12,15-18,34H2,1-6H3,(H,36,41)(H,39,40)/t20-,21-,25-,26?,28-/m0/s1. The number of nitrogens with zero attached hydrogens (tertiary/aromatic N) is 1. The van der Waals surface area contributed by atoms with Gasteiger partial charge >= 0.3 is 11.9 Å². The van der Waals surface area contributed by atoms with Crippen LogP contribution in [0.25, 0.3) is 10.9 Å². The molecule has 5 atom stereocenters. The zero-order chi connectivity index (χ0) is 32.8. The van der Waals surface area contributed by atoms with E-state index in [-0.39, 0.29) is 25.2 Å². The van der Waals surface area contributed by atoms with Gasteiger partial charge in [0.05, 0.1) is 24.6 Å². The molecular formula is C33H50N4O7. The number of aliphatic carboxylic acids is 1. The number of aromatic nitrogens is 1. The Bertz CT molecular complexity index is 1310.